The molecule has 0 bridgehead atoms. The van der Waals surface area contributed by atoms with Crippen LogP contribution in [0.15, 0.2) is 140 Å². The monoisotopic (exact) mass is 561 g/mol. The largest absolute Gasteiger partial charge is 0.238 e. The minimum Gasteiger partial charge on any atom is -0.238 e. The van der Waals surface area contributed by atoms with Gasteiger partial charge in [0, 0.05) is 22.3 Å². The summed E-state index contributed by atoms with van der Waals surface area (Å²) in [6.45, 7) is 7.50. The molecule has 0 radical (unpaired) electrons. The first-order chi connectivity index (χ1) is 21.7. The summed E-state index contributed by atoms with van der Waals surface area (Å²) in [5.74, 6) is 1.83. The van der Waals surface area contributed by atoms with Crippen LogP contribution in [-0.2, 0) is 0 Å². The van der Waals surface area contributed by atoms with Crippen molar-refractivity contribution in [1.82, 2.24) is 15.0 Å². The van der Waals surface area contributed by atoms with E-state index in [-0.39, 0.29) is 0 Å². The van der Waals surface area contributed by atoms with Crippen molar-refractivity contribution in [2.45, 2.75) is 0 Å². The maximum Gasteiger partial charge on any atom is 0.189 e. The molecular weight excluding hydrogens is 538 g/mol. The Kier molecular flexibility index (Phi) is 6.89. The number of benzene rings is 6. The molecule has 0 fully saturated rings. The van der Waals surface area contributed by atoms with Crippen LogP contribution in [0, 0.1) is 17.9 Å². The minimum absolute atomic E-state index is 0.446. The van der Waals surface area contributed by atoms with Crippen molar-refractivity contribution < 1.29 is 0 Å². The van der Waals surface area contributed by atoms with Gasteiger partial charge in [0.25, 0.3) is 0 Å². The van der Waals surface area contributed by atoms with Crippen LogP contribution < -0.4 is 0 Å². The van der Waals surface area contributed by atoms with E-state index in [0.717, 1.165) is 49.7 Å². The van der Waals surface area contributed by atoms with E-state index in [1.165, 1.54) is 0 Å². The van der Waals surface area contributed by atoms with Crippen molar-refractivity contribution in [3.63, 3.8) is 0 Å². The summed E-state index contributed by atoms with van der Waals surface area (Å²) in [7, 11) is 0. The summed E-state index contributed by atoms with van der Waals surface area (Å²) in [5.41, 5.74) is 7.56. The van der Waals surface area contributed by atoms with E-state index in [0.29, 0.717) is 28.7 Å². The summed E-state index contributed by atoms with van der Waals surface area (Å²) in [6, 6.07) is 48.1. The van der Waals surface area contributed by atoms with Crippen molar-refractivity contribution in [2.24, 2.45) is 0 Å². The second kappa shape index (κ2) is 11.4. The third kappa shape index (κ3) is 5.07. The van der Waals surface area contributed by atoms with Gasteiger partial charge in [-0.2, -0.15) is 5.26 Å². The molecule has 6 aromatic carbocycles. The van der Waals surface area contributed by atoms with E-state index in [9.17, 15) is 5.26 Å². The molecule has 5 nitrogen and oxygen atoms in total. The Labute approximate surface area is 255 Å². The summed E-state index contributed by atoms with van der Waals surface area (Å²) in [6.07, 6.45) is 0. The molecule has 0 aliphatic carbocycles. The molecular formula is C39H23N5. The van der Waals surface area contributed by atoms with Gasteiger partial charge in [-0.3, -0.25) is 0 Å². The lowest BCUT2D eigenvalue weighted by Crippen LogP contribution is -2.00. The van der Waals surface area contributed by atoms with Crippen molar-refractivity contribution in [2.75, 3.05) is 0 Å². The molecule has 0 unspecified atom stereocenters. The SMILES string of the molecule is [C-]#[N+]c1cc(C#N)cc(-c2ccc(-c3cccc(-c4nc(-c5ccccc5)nc(-c5ccccc5)n4)c3)c3ccccc23)c1. The molecule has 1 aromatic heterocycles. The van der Waals surface area contributed by atoms with E-state index in [1.807, 2.05) is 97.1 Å². The predicted molar refractivity (Wildman–Crippen MR) is 175 cm³/mol. The van der Waals surface area contributed by atoms with E-state index in [1.54, 1.807) is 6.07 Å². The summed E-state index contributed by atoms with van der Waals surface area (Å²) < 4.78 is 0. The van der Waals surface area contributed by atoms with E-state index < -0.39 is 0 Å². The minimum atomic E-state index is 0.446. The number of rotatable bonds is 5. The lowest BCUT2D eigenvalue weighted by molar-refractivity contribution is 1.07. The highest BCUT2D eigenvalue weighted by molar-refractivity contribution is 6.05. The molecule has 0 saturated heterocycles. The van der Waals surface area contributed by atoms with Crippen molar-refractivity contribution in [3.05, 3.63) is 157 Å². The normalized spacial score (nSPS) is 10.7. The average Bonchev–Trinajstić information content (AvgIpc) is 3.11. The van der Waals surface area contributed by atoms with Crippen LogP contribution >= 0.6 is 0 Å². The Morgan fingerprint density at radius 1 is 0.477 bits per heavy atom. The Morgan fingerprint density at radius 3 is 1.55 bits per heavy atom. The van der Waals surface area contributed by atoms with E-state index >= 15 is 0 Å². The molecule has 44 heavy (non-hydrogen) atoms. The van der Waals surface area contributed by atoms with Gasteiger partial charge in [0.1, 0.15) is 0 Å². The summed E-state index contributed by atoms with van der Waals surface area (Å²) in [5, 5.41) is 11.7. The lowest BCUT2D eigenvalue weighted by atomic mass is 9.91. The highest BCUT2D eigenvalue weighted by Crippen LogP contribution is 2.38. The van der Waals surface area contributed by atoms with Gasteiger partial charge in [0.2, 0.25) is 0 Å². The lowest BCUT2D eigenvalue weighted by Gasteiger charge is -2.14. The Bertz CT molecular complexity index is 2150. The van der Waals surface area contributed by atoms with Gasteiger partial charge in [-0.1, -0.05) is 115 Å². The van der Waals surface area contributed by atoms with E-state index in [4.69, 9.17) is 21.5 Å². The van der Waals surface area contributed by atoms with Crippen LogP contribution in [0.2, 0.25) is 0 Å². The van der Waals surface area contributed by atoms with Crippen molar-refractivity contribution in [1.29, 1.82) is 5.26 Å². The second-order valence-corrected chi connectivity index (χ2v) is 10.3. The first kappa shape index (κ1) is 26.5. The fraction of sp³-hybridized carbons (Fsp3) is 0. The van der Waals surface area contributed by atoms with Crippen LogP contribution in [0.5, 0.6) is 0 Å². The standard InChI is InChI=1S/C39H23N5/c1-41-32-22-26(25-40)21-31(24-32)34-20-19-33(35-17-8-9-18-36(34)35)29-15-10-16-30(23-29)39-43-37(27-11-4-2-5-12-27)42-38(44-39)28-13-6-3-7-14-28/h2-24H. The molecule has 1 heterocycles. The number of nitriles is 1. The topological polar surface area (TPSA) is 66.8 Å². The van der Waals surface area contributed by atoms with Crippen LogP contribution in [0.1, 0.15) is 5.56 Å². The number of fused-ring (bicyclic) bond motifs is 1. The quantitative estimate of drug-likeness (QED) is 0.196. The van der Waals surface area contributed by atoms with Crippen LogP contribution in [0.25, 0.3) is 72.0 Å². The highest BCUT2D eigenvalue weighted by atomic mass is 15.0. The van der Waals surface area contributed by atoms with E-state index in [2.05, 4.69) is 47.3 Å². The van der Waals surface area contributed by atoms with Gasteiger partial charge in [-0.25, -0.2) is 19.8 Å². The number of hydrogen-bond acceptors (Lipinski definition) is 4. The molecule has 5 heteroatoms. The van der Waals surface area contributed by atoms with Crippen LogP contribution in [-0.4, -0.2) is 15.0 Å². The zero-order valence-corrected chi connectivity index (χ0v) is 23.5. The molecule has 0 atom stereocenters. The Balaban J connectivity index is 1.37. The Morgan fingerprint density at radius 2 is 0.977 bits per heavy atom. The molecule has 0 aliphatic rings. The maximum absolute atomic E-state index is 9.55. The van der Waals surface area contributed by atoms with Gasteiger partial charge >= 0.3 is 0 Å². The van der Waals surface area contributed by atoms with Crippen molar-refractivity contribution in [3.8, 4) is 62.5 Å². The second-order valence-electron chi connectivity index (χ2n) is 10.3. The maximum atomic E-state index is 9.55. The molecule has 0 aliphatic heterocycles. The zero-order chi connectivity index (χ0) is 29.9. The highest BCUT2D eigenvalue weighted by Gasteiger charge is 2.15. The fourth-order valence-corrected chi connectivity index (χ4v) is 5.46. The number of aromatic nitrogens is 3. The van der Waals surface area contributed by atoms with Gasteiger partial charge < -0.3 is 0 Å². The fourth-order valence-electron chi connectivity index (χ4n) is 5.46. The van der Waals surface area contributed by atoms with Gasteiger partial charge in [-0.05, 0) is 57.3 Å². The molecule has 7 aromatic rings. The van der Waals surface area contributed by atoms with Gasteiger partial charge in [-0.15, -0.1) is 0 Å². The third-order valence-corrected chi connectivity index (χ3v) is 7.54. The van der Waals surface area contributed by atoms with Gasteiger partial charge in [0.15, 0.2) is 23.2 Å². The summed E-state index contributed by atoms with van der Waals surface area (Å²) in [4.78, 5) is 18.2. The zero-order valence-electron chi connectivity index (χ0n) is 23.5. The first-order valence-corrected chi connectivity index (χ1v) is 14.1. The Hall–Kier alpha value is -6.43. The smallest absolute Gasteiger partial charge is 0.189 e. The molecule has 7 rings (SSSR count). The molecule has 204 valence electrons. The molecule has 0 spiro atoms. The average molecular weight is 562 g/mol. The molecule has 0 amide bonds. The third-order valence-electron chi connectivity index (χ3n) is 7.54. The van der Waals surface area contributed by atoms with Crippen molar-refractivity contribution >= 4 is 16.5 Å². The first-order valence-electron chi connectivity index (χ1n) is 14.1. The number of nitrogens with zero attached hydrogens (tertiary/aromatic N) is 5. The molecule has 0 N–H and O–H groups in total. The summed E-state index contributed by atoms with van der Waals surface area (Å²) >= 11 is 0. The van der Waals surface area contributed by atoms with Gasteiger partial charge in [0.05, 0.1) is 12.6 Å². The van der Waals surface area contributed by atoms with Crippen LogP contribution in [0.3, 0.4) is 0 Å². The van der Waals surface area contributed by atoms with Crippen LogP contribution in [0.4, 0.5) is 5.69 Å². The predicted octanol–water partition coefficient (Wildman–Crippen LogP) is 9.78. The molecule has 0 saturated carbocycles. The number of hydrogen-bond donors (Lipinski definition) is 0.